The average Bonchev–Trinajstić information content (AvgIpc) is 3.73. The number of rotatable bonds is 5. The molecule has 1 nitrogen and oxygen atoms in total. The van der Waals surface area contributed by atoms with Gasteiger partial charge >= 0.3 is 0 Å². The van der Waals surface area contributed by atoms with E-state index in [4.69, 9.17) is 4.42 Å². The molecule has 63 heavy (non-hydrogen) atoms. The first-order valence-electron chi connectivity index (χ1n) is 21.8. The molecule has 292 valence electrons. The number of benzene rings is 12. The molecule has 0 atom stereocenters. The highest BCUT2D eigenvalue weighted by molar-refractivity contribution is 6.25. The number of hydrogen-bond acceptors (Lipinski definition) is 1. The van der Waals surface area contributed by atoms with Crippen molar-refractivity contribution < 1.29 is 4.42 Å². The first kappa shape index (κ1) is 35.5. The van der Waals surface area contributed by atoms with Crippen molar-refractivity contribution in [3.8, 4) is 55.6 Å². The number of para-hydroxylation sites is 1. The van der Waals surface area contributed by atoms with Crippen LogP contribution in [-0.4, -0.2) is 0 Å². The zero-order valence-electron chi connectivity index (χ0n) is 34.3. The molecule has 13 aromatic rings. The van der Waals surface area contributed by atoms with E-state index in [0.717, 1.165) is 27.5 Å². The molecule has 0 N–H and O–H groups in total. The van der Waals surface area contributed by atoms with Crippen molar-refractivity contribution in [1.29, 1.82) is 0 Å². The summed E-state index contributed by atoms with van der Waals surface area (Å²) in [5.41, 5.74) is 13.9. The molecule has 0 saturated carbocycles. The Labute approximate surface area is 364 Å². The van der Waals surface area contributed by atoms with Gasteiger partial charge in [-0.25, -0.2) is 0 Å². The van der Waals surface area contributed by atoms with Crippen molar-refractivity contribution in [2.75, 3.05) is 0 Å². The first-order chi connectivity index (χ1) is 31.3. The summed E-state index contributed by atoms with van der Waals surface area (Å²) < 4.78 is 6.98. The van der Waals surface area contributed by atoms with Gasteiger partial charge in [-0.3, -0.25) is 0 Å². The molecule has 0 aliphatic rings. The third-order valence-corrected chi connectivity index (χ3v) is 13.3. The lowest BCUT2D eigenvalue weighted by Gasteiger charge is -2.18. The highest BCUT2D eigenvalue weighted by Gasteiger charge is 2.22. The third-order valence-electron chi connectivity index (χ3n) is 13.3. The molecular weight excluding hydrogens is 761 g/mol. The fourth-order valence-corrected chi connectivity index (χ4v) is 10.5. The standard InChI is InChI=1S/C62H38O/c1-2-17-41(18-3-1)58-46-21-6-8-23-48(46)60(49-24-9-7-22-47(49)58)43-36-37-57-56(38-43)54-30-15-31-55(62(54)63-57)61-52-27-12-10-25-50(52)59(51-26-11-13-28-53(51)61)42-34-32-40(33-35-42)45-29-14-19-39-16-4-5-20-44(39)45/h1-38H. The van der Waals surface area contributed by atoms with Crippen LogP contribution in [0.1, 0.15) is 0 Å². The van der Waals surface area contributed by atoms with Crippen molar-refractivity contribution in [1.82, 2.24) is 0 Å². The molecule has 13 rings (SSSR count). The van der Waals surface area contributed by atoms with Gasteiger partial charge in [0.05, 0.1) is 0 Å². The quantitative estimate of drug-likeness (QED) is 0.158. The van der Waals surface area contributed by atoms with Gasteiger partial charge in [-0.2, -0.15) is 0 Å². The fraction of sp³-hybridized carbons (Fsp3) is 0. The topological polar surface area (TPSA) is 13.1 Å². The SMILES string of the molecule is c1ccc(-c2c3ccccc3c(-c3ccc4oc5c(-c6c7ccccc7c(-c7ccc(-c8cccc9ccccc89)cc7)c7ccccc67)cccc5c4c3)c3ccccc23)cc1. The fourth-order valence-electron chi connectivity index (χ4n) is 10.5. The second kappa shape index (κ2) is 14.2. The van der Waals surface area contributed by atoms with E-state index in [0.29, 0.717) is 0 Å². The number of furan rings is 1. The molecule has 12 aromatic carbocycles. The summed E-state index contributed by atoms with van der Waals surface area (Å²) in [5.74, 6) is 0. The molecule has 0 amide bonds. The van der Waals surface area contributed by atoms with E-state index in [2.05, 4.69) is 231 Å². The minimum absolute atomic E-state index is 0.882. The first-order valence-corrected chi connectivity index (χ1v) is 21.8. The summed E-state index contributed by atoms with van der Waals surface area (Å²) in [5, 5.41) is 14.6. The lowest BCUT2D eigenvalue weighted by Crippen LogP contribution is -1.91. The molecule has 0 saturated heterocycles. The van der Waals surface area contributed by atoms with E-state index in [-0.39, 0.29) is 0 Å². The Morgan fingerprint density at radius 3 is 1.21 bits per heavy atom. The van der Waals surface area contributed by atoms with Gasteiger partial charge in [-0.1, -0.05) is 218 Å². The summed E-state index contributed by atoms with van der Waals surface area (Å²) in [6.45, 7) is 0. The van der Waals surface area contributed by atoms with Gasteiger partial charge < -0.3 is 4.42 Å². The van der Waals surface area contributed by atoms with E-state index in [1.807, 2.05) is 0 Å². The maximum absolute atomic E-state index is 6.98. The zero-order chi connectivity index (χ0) is 41.4. The Morgan fingerprint density at radius 2 is 0.619 bits per heavy atom. The molecule has 0 radical (unpaired) electrons. The predicted octanol–water partition coefficient (Wildman–Crippen LogP) is 17.7. The molecule has 1 heteroatoms. The highest BCUT2D eigenvalue weighted by atomic mass is 16.3. The zero-order valence-corrected chi connectivity index (χ0v) is 34.3. The molecule has 0 aliphatic carbocycles. The van der Waals surface area contributed by atoms with Crippen LogP contribution in [0.5, 0.6) is 0 Å². The van der Waals surface area contributed by atoms with Crippen LogP contribution in [0.4, 0.5) is 0 Å². The summed E-state index contributed by atoms with van der Waals surface area (Å²) in [6, 6.07) is 84.1. The second-order valence-corrected chi connectivity index (χ2v) is 16.6. The van der Waals surface area contributed by atoms with E-state index in [1.165, 1.54) is 104 Å². The molecular formula is C62H38O. The van der Waals surface area contributed by atoms with Crippen molar-refractivity contribution in [2.24, 2.45) is 0 Å². The summed E-state index contributed by atoms with van der Waals surface area (Å²) in [4.78, 5) is 0. The predicted molar refractivity (Wildman–Crippen MR) is 268 cm³/mol. The van der Waals surface area contributed by atoms with Gasteiger partial charge in [0.25, 0.3) is 0 Å². The lowest BCUT2D eigenvalue weighted by atomic mass is 9.85. The average molecular weight is 799 g/mol. The van der Waals surface area contributed by atoms with Gasteiger partial charge in [0.2, 0.25) is 0 Å². The molecule has 0 bridgehead atoms. The molecule has 1 heterocycles. The molecule has 1 aromatic heterocycles. The van der Waals surface area contributed by atoms with Crippen molar-refractivity contribution in [2.45, 2.75) is 0 Å². The molecule has 0 spiro atoms. The van der Waals surface area contributed by atoms with Crippen LogP contribution in [0.15, 0.2) is 235 Å². The van der Waals surface area contributed by atoms with Gasteiger partial charge in [0, 0.05) is 21.9 Å². The maximum atomic E-state index is 6.98. The van der Waals surface area contributed by atoms with E-state index < -0.39 is 0 Å². The van der Waals surface area contributed by atoms with E-state index in [9.17, 15) is 0 Å². The van der Waals surface area contributed by atoms with Gasteiger partial charge in [0.15, 0.2) is 0 Å². The monoisotopic (exact) mass is 798 g/mol. The Hall–Kier alpha value is -8.26. The maximum Gasteiger partial charge on any atom is 0.143 e. The van der Waals surface area contributed by atoms with Crippen molar-refractivity contribution >= 4 is 75.8 Å². The van der Waals surface area contributed by atoms with E-state index >= 15 is 0 Å². The van der Waals surface area contributed by atoms with Crippen LogP contribution in [0.25, 0.3) is 131 Å². The third kappa shape index (κ3) is 5.50. The minimum atomic E-state index is 0.882. The second-order valence-electron chi connectivity index (χ2n) is 16.6. The van der Waals surface area contributed by atoms with Crippen LogP contribution in [0, 0.1) is 0 Å². The Balaban J connectivity index is 1.000. The summed E-state index contributed by atoms with van der Waals surface area (Å²) >= 11 is 0. The highest BCUT2D eigenvalue weighted by Crippen LogP contribution is 2.48. The molecule has 0 aliphatic heterocycles. The molecule has 0 fully saturated rings. The van der Waals surface area contributed by atoms with Crippen LogP contribution in [-0.2, 0) is 0 Å². The van der Waals surface area contributed by atoms with Crippen molar-refractivity contribution in [3.05, 3.63) is 231 Å². The minimum Gasteiger partial charge on any atom is -0.455 e. The van der Waals surface area contributed by atoms with Gasteiger partial charge in [-0.05, 0) is 111 Å². The Kier molecular flexibility index (Phi) is 7.98. The Bertz CT molecular complexity index is 3830. The number of hydrogen-bond donors (Lipinski definition) is 0. The summed E-state index contributed by atoms with van der Waals surface area (Å²) in [7, 11) is 0. The normalized spacial score (nSPS) is 11.8. The van der Waals surface area contributed by atoms with E-state index in [1.54, 1.807) is 0 Å². The number of fused-ring (bicyclic) bond motifs is 8. The lowest BCUT2D eigenvalue weighted by molar-refractivity contribution is 0.670. The van der Waals surface area contributed by atoms with Crippen LogP contribution >= 0.6 is 0 Å². The molecule has 0 unspecified atom stereocenters. The Morgan fingerprint density at radius 1 is 0.222 bits per heavy atom. The smallest absolute Gasteiger partial charge is 0.143 e. The van der Waals surface area contributed by atoms with Gasteiger partial charge in [0.1, 0.15) is 11.2 Å². The van der Waals surface area contributed by atoms with Crippen LogP contribution in [0.3, 0.4) is 0 Å². The largest absolute Gasteiger partial charge is 0.455 e. The van der Waals surface area contributed by atoms with Gasteiger partial charge in [-0.15, -0.1) is 0 Å². The summed E-state index contributed by atoms with van der Waals surface area (Å²) in [6.07, 6.45) is 0. The van der Waals surface area contributed by atoms with Crippen LogP contribution < -0.4 is 0 Å². The van der Waals surface area contributed by atoms with Crippen LogP contribution in [0.2, 0.25) is 0 Å². The van der Waals surface area contributed by atoms with Crippen molar-refractivity contribution in [3.63, 3.8) is 0 Å².